The van der Waals surface area contributed by atoms with E-state index in [1.54, 1.807) is 0 Å². The Morgan fingerprint density at radius 2 is 0.439 bits per heavy atom. The second-order valence-corrected chi connectivity index (χ2v) is 25.2. The van der Waals surface area contributed by atoms with Crippen molar-refractivity contribution in [3.8, 4) is 0 Å². The smallest absolute Gasteiger partial charge is 0.0521 e. The molecule has 98 heavy (non-hydrogen) atoms. The molecule has 0 aliphatic rings. The Balaban J connectivity index is 0.000000198. The number of nitrogens with zero attached hydrogens (tertiary/aromatic N) is 8. The lowest BCUT2D eigenvalue weighted by Crippen LogP contribution is -2.13. The van der Waals surface area contributed by atoms with Crippen molar-refractivity contribution in [2.75, 3.05) is 152 Å². The van der Waals surface area contributed by atoms with E-state index in [9.17, 15) is 0 Å². The number of benzene rings is 14. The van der Waals surface area contributed by atoms with Crippen molar-refractivity contribution < 1.29 is 0 Å². The number of rotatable bonds is 8. The molecule has 0 aliphatic carbocycles. The average molecular weight is 1310 g/mol. The normalized spacial score (nSPS) is 10.4. The highest BCUT2D eigenvalue weighted by molar-refractivity contribution is 6.28. The van der Waals surface area contributed by atoms with Crippen LogP contribution in [-0.4, -0.2) is 113 Å². The topological polar surface area (TPSA) is 25.9 Å². The fourth-order valence-corrected chi connectivity index (χ4v) is 13.4. The summed E-state index contributed by atoms with van der Waals surface area (Å²) in [5.74, 6) is 0. The van der Waals surface area contributed by atoms with Crippen LogP contribution in [0.1, 0.15) is 80.4 Å². The Labute approximate surface area is 590 Å². The van der Waals surface area contributed by atoms with Crippen LogP contribution in [0.3, 0.4) is 0 Å². The van der Waals surface area contributed by atoms with Gasteiger partial charge in [0.25, 0.3) is 0 Å². The van der Waals surface area contributed by atoms with Gasteiger partial charge in [-0.05, 0) is 138 Å². The van der Waals surface area contributed by atoms with Crippen LogP contribution in [0.4, 0.5) is 45.5 Å². The summed E-state index contributed by atoms with van der Waals surface area (Å²) in [6.45, 7) is 24.5. The molecule has 14 aromatic carbocycles. The average Bonchev–Trinajstić information content (AvgIpc) is 0.743. The Morgan fingerprint density at radius 3 is 0.704 bits per heavy atom. The van der Waals surface area contributed by atoms with Gasteiger partial charge in [-0.25, -0.2) is 0 Å². The second-order valence-electron chi connectivity index (χ2n) is 25.2. The van der Waals surface area contributed by atoms with Crippen molar-refractivity contribution >= 4 is 153 Å². The minimum atomic E-state index is 1.25. The molecule has 0 atom stereocenters. The van der Waals surface area contributed by atoms with Crippen LogP contribution in [0.15, 0.2) is 194 Å². The van der Waals surface area contributed by atoms with Crippen molar-refractivity contribution in [2.24, 2.45) is 0 Å². The molecule has 0 aliphatic heterocycles. The summed E-state index contributed by atoms with van der Waals surface area (Å²) >= 11 is 0. The summed E-state index contributed by atoms with van der Waals surface area (Å²) < 4.78 is 0. The fraction of sp³-hybridized carbons (Fsp3) is 0.311. The minimum absolute atomic E-state index is 1.25. The Kier molecular flexibility index (Phi) is 27.6. The highest BCUT2D eigenvalue weighted by Gasteiger charge is 2.19. The molecule has 0 spiro atoms. The summed E-state index contributed by atoms with van der Waals surface area (Å²) in [6.07, 6.45) is 0. The molecular weight excluding hydrogens is 1190 g/mol. The number of anilines is 8. The molecule has 0 heterocycles. The molecule has 0 aromatic heterocycles. The summed E-state index contributed by atoms with van der Waals surface area (Å²) in [4.78, 5) is 17.5. The van der Waals surface area contributed by atoms with Crippen LogP contribution < -0.4 is 39.2 Å². The number of hydrogen-bond acceptors (Lipinski definition) is 8. The van der Waals surface area contributed by atoms with E-state index >= 15 is 0 Å². The standard InChI is InChI=1S/C22H22N2.C20H20N2.C20H24N2.C18H20N2.5C2H6/c1-23(2)21-13-19-16-10-6-8-12-18(16)22(24(3)4)14-20(19)15-9-5-7-11-17(15)21;1-21(2)17-11-7-13-6-10-16-18(22(3)4)12-8-14-5-9-15(17)19(13)20(14)16;1-13-17-9-7-16(22(5)6)12-20(17)14(2)18-10-8-15(21(3)4)11-19(13)18;1-19(2)17-13-9-5-7-11-15(13)18(20(3)4)16-12-8-6-10-14(16)17;5*1-2/h5-14H,1-4H3;5-12H,1-4H3;7-12H,1-6H3;5-12H,1-4H3;5*1-2H3. The Morgan fingerprint density at radius 1 is 0.184 bits per heavy atom. The van der Waals surface area contributed by atoms with E-state index in [4.69, 9.17) is 0 Å². The van der Waals surface area contributed by atoms with Crippen molar-refractivity contribution in [3.63, 3.8) is 0 Å². The highest BCUT2D eigenvalue weighted by Crippen LogP contribution is 2.45. The summed E-state index contributed by atoms with van der Waals surface area (Å²) in [6, 6.07) is 70.8. The van der Waals surface area contributed by atoms with Crippen molar-refractivity contribution in [1.82, 2.24) is 0 Å². The molecule has 0 saturated heterocycles. The third-order valence-electron chi connectivity index (χ3n) is 17.8. The maximum absolute atomic E-state index is 2.33. The molecule has 0 bridgehead atoms. The maximum atomic E-state index is 2.33. The van der Waals surface area contributed by atoms with Gasteiger partial charge in [-0.2, -0.15) is 0 Å². The first-order chi connectivity index (χ1) is 47.2. The first-order valence-electron chi connectivity index (χ1n) is 35.5. The van der Waals surface area contributed by atoms with E-state index in [2.05, 4.69) is 360 Å². The molecule has 0 amide bonds. The van der Waals surface area contributed by atoms with Crippen LogP contribution in [-0.2, 0) is 0 Å². The fourth-order valence-electron chi connectivity index (χ4n) is 13.4. The van der Waals surface area contributed by atoms with Gasteiger partial charge in [0, 0.05) is 190 Å². The molecule has 0 N–H and O–H groups in total. The van der Waals surface area contributed by atoms with Gasteiger partial charge in [-0.15, -0.1) is 0 Å². The molecule has 0 unspecified atom stereocenters. The van der Waals surface area contributed by atoms with E-state index in [-0.39, 0.29) is 0 Å². The molecular formula is C90H116N8. The Hall–Kier alpha value is -9.66. The van der Waals surface area contributed by atoms with Gasteiger partial charge in [-0.1, -0.05) is 215 Å². The molecule has 14 rings (SSSR count). The van der Waals surface area contributed by atoms with Gasteiger partial charge >= 0.3 is 0 Å². The van der Waals surface area contributed by atoms with Crippen LogP contribution in [0.2, 0.25) is 0 Å². The van der Waals surface area contributed by atoms with Crippen LogP contribution >= 0.6 is 0 Å². The number of hydrogen-bond donors (Lipinski definition) is 0. The first-order valence-corrected chi connectivity index (χ1v) is 35.5. The number of aryl methyl sites for hydroxylation is 2. The quantitative estimate of drug-likeness (QED) is 0.0844. The minimum Gasteiger partial charge on any atom is -0.378 e. The molecule has 8 nitrogen and oxygen atoms in total. The Bertz CT molecular complexity index is 4550. The third kappa shape index (κ3) is 15.7. The molecule has 516 valence electrons. The molecule has 0 radical (unpaired) electrons. The van der Waals surface area contributed by atoms with Crippen molar-refractivity contribution in [2.45, 2.75) is 83.1 Å². The monoisotopic (exact) mass is 1310 g/mol. The SMILES string of the molecule is CC.CC.CC.CC.CC.CN(C)c1c2ccccc2c(N(C)C)c2ccccc12.CN(C)c1cc2c3ccccc3c(N(C)C)cc2c2ccccc12.CN(C)c1ccc2ccc3c(N(C)C)ccc4ccc1c2c43.Cc1c2ccc(N(C)C)cc2c(C)c2ccc(N(C)C)cc12. The third-order valence-corrected chi connectivity index (χ3v) is 17.8. The predicted molar refractivity (Wildman–Crippen MR) is 453 cm³/mol. The second kappa shape index (κ2) is 35.0. The van der Waals surface area contributed by atoms with E-state index in [0.29, 0.717) is 0 Å². The lowest BCUT2D eigenvalue weighted by molar-refractivity contribution is 1.13. The highest BCUT2D eigenvalue weighted by atomic mass is 15.1. The number of fused-ring (bicyclic) bond motifs is 9. The zero-order valence-electron chi connectivity index (χ0n) is 65.1. The lowest BCUT2D eigenvalue weighted by Gasteiger charge is -2.24. The first kappa shape index (κ1) is 77.3. The van der Waals surface area contributed by atoms with Gasteiger partial charge < -0.3 is 39.2 Å². The van der Waals surface area contributed by atoms with Gasteiger partial charge in [-0.3, -0.25) is 0 Å². The molecule has 14 aromatic rings. The molecule has 8 heteroatoms. The van der Waals surface area contributed by atoms with Gasteiger partial charge in [0.1, 0.15) is 0 Å². The van der Waals surface area contributed by atoms with Crippen LogP contribution in [0.5, 0.6) is 0 Å². The van der Waals surface area contributed by atoms with E-state index in [0.717, 1.165) is 0 Å². The largest absolute Gasteiger partial charge is 0.378 e. The summed E-state index contributed by atoms with van der Waals surface area (Å²) in [5, 5.41) is 26.6. The summed E-state index contributed by atoms with van der Waals surface area (Å²) in [7, 11) is 33.7. The molecule has 0 saturated carbocycles. The van der Waals surface area contributed by atoms with Crippen LogP contribution in [0.25, 0.3) is 108 Å². The van der Waals surface area contributed by atoms with E-state index in [1.165, 1.54) is 164 Å². The van der Waals surface area contributed by atoms with Gasteiger partial charge in [0.05, 0.1) is 11.4 Å². The van der Waals surface area contributed by atoms with Crippen LogP contribution in [0, 0.1) is 13.8 Å². The van der Waals surface area contributed by atoms with Crippen molar-refractivity contribution in [1.29, 1.82) is 0 Å². The predicted octanol–water partition coefficient (Wildman–Crippen LogP) is 24.0. The summed E-state index contributed by atoms with van der Waals surface area (Å²) in [5.41, 5.74) is 12.9. The van der Waals surface area contributed by atoms with E-state index < -0.39 is 0 Å². The maximum Gasteiger partial charge on any atom is 0.0521 e. The zero-order chi connectivity index (χ0) is 72.6. The van der Waals surface area contributed by atoms with Gasteiger partial charge in [0.15, 0.2) is 0 Å². The zero-order valence-corrected chi connectivity index (χ0v) is 65.1. The van der Waals surface area contributed by atoms with E-state index in [1.807, 2.05) is 69.2 Å². The van der Waals surface area contributed by atoms with Gasteiger partial charge in [0.2, 0.25) is 0 Å². The lowest BCUT2D eigenvalue weighted by atomic mass is 9.92. The molecule has 0 fully saturated rings. The van der Waals surface area contributed by atoms with Crippen molar-refractivity contribution in [3.05, 3.63) is 205 Å².